The number of carbonyl (C=O) groups is 3. The van der Waals surface area contributed by atoms with E-state index < -0.39 is 29.5 Å². The van der Waals surface area contributed by atoms with E-state index in [1.165, 1.54) is 18.5 Å². The number of halogens is 1. The van der Waals surface area contributed by atoms with Gasteiger partial charge in [-0.2, -0.15) is 0 Å². The highest BCUT2D eigenvalue weighted by molar-refractivity contribution is 6.00. The molecule has 8 heteroatoms. The van der Waals surface area contributed by atoms with Crippen LogP contribution in [0.25, 0.3) is 0 Å². The molecular weight excluding hydrogens is 435 g/mol. The van der Waals surface area contributed by atoms with Crippen molar-refractivity contribution in [3.05, 3.63) is 95.3 Å². The van der Waals surface area contributed by atoms with Gasteiger partial charge >= 0.3 is 0 Å². The molecule has 1 saturated heterocycles. The molecule has 1 aromatic carbocycles. The Balaban J connectivity index is 1.86. The van der Waals surface area contributed by atoms with Gasteiger partial charge in [-0.05, 0) is 48.4 Å². The number of aromatic nitrogens is 2. The maximum Gasteiger partial charge on any atom is 0.231 e. The van der Waals surface area contributed by atoms with Crippen LogP contribution in [-0.4, -0.2) is 52.0 Å². The van der Waals surface area contributed by atoms with Crippen molar-refractivity contribution in [2.45, 2.75) is 12.8 Å². The summed E-state index contributed by atoms with van der Waals surface area (Å²) in [5.41, 5.74) is 6.92. The van der Waals surface area contributed by atoms with Crippen LogP contribution in [0.1, 0.15) is 38.0 Å². The van der Waals surface area contributed by atoms with Gasteiger partial charge < -0.3 is 5.73 Å². The second-order valence-electron chi connectivity index (χ2n) is 8.51. The molecule has 1 aliphatic rings. The highest BCUT2D eigenvalue weighted by atomic mass is 19.1. The predicted octanol–water partition coefficient (Wildman–Crippen LogP) is 2.81. The lowest BCUT2D eigenvalue weighted by Gasteiger charge is -2.42. The van der Waals surface area contributed by atoms with Crippen molar-refractivity contribution in [1.82, 2.24) is 14.9 Å². The van der Waals surface area contributed by atoms with Gasteiger partial charge in [0, 0.05) is 43.2 Å². The topological polar surface area (TPSA) is 106 Å². The number of carbonyl (C=O) groups excluding carboxylic acids is 3. The SMILES string of the molecule is Cc1c(F)cccc1C1[C@@H](C(=O)c2ccccn2)CN(CC(N)=O)C[C@@H]1C(=O)c1ccccn1. The zero-order valence-electron chi connectivity index (χ0n) is 18.7. The standard InChI is InChI=1S/C26H25FN4O3/c1-16-17(7-6-8-20(16)27)24-18(25(33)21-9-2-4-11-29-21)13-31(15-23(28)32)14-19(24)26(34)22-10-3-5-12-30-22/h2-12,18-19,24H,13-15H2,1H3,(H2,28,32)/t18-,19-/m0/s1. The van der Waals surface area contributed by atoms with Crippen molar-refractivity contribution in [2.24, 2.45) is 17.6 Å². The third-order valence-corrected chi connectivity index (χ3v) is 6.33. The van der Waals surface area contributed by atoms with E-state index in [1.807, 2.05) is 0 Å². The van der Waals surface area contributed by atoms with Gasteiger partial charge in [-0.3, -0.25) is 29.3 Å². The van der Waals surface area contributed by atoms with E-state index in [4.69, 9.17) is 5.73 Å². The van der Waals surface area contributed by atoms with E-state index >= 15 is 0 Å². The monoisotopic (exact) mass is 460 g/mol. The first kappa shape index (κ1) is 23.4. The summed E-state index contributed by atoms with van der Waals surface area (Å²) in [6, 6.07) is 14.7. The zero-order valence-corrected chi connectivity index (χ0v) is 18.7. The van der Waals surface area contributed by atoms with Crippen molar-refractivity contribution >= 4 is 17.5 Å². The fourth-order valence-corrected chi connectivity index (χ4v) is 4.80. The second kappa shape index (κ2) is 10.0. The molecule has 4 rings (SSSR count). The summed E-state index contributed by atoms with van der Waals surface area (Å²) in [5.74, 6) is -3.66. The smallest absolute Gasteiger partial charge is 0.231 e. The normalized spacial score (nSPS) is 19.0. The summed E-state index contributed by atoms with van der Waals surface area (Å²) in [5, 5.41) is 0. The first-order chi connectivity index (χ1) is 16.4. The van der Waals surface area contributed by atoms with Gasteiger partial charge in [0.15, 0.2) is 11.6 Å². The molecule has 2 atom stereocenters. The number of benzene rings is 1. The minimum atomic E-state index is -0.749. The third kappa shape index (κ3) is 4.77. The number of nitrogens with two attached hydrogens (primary N) is 1. The van der Waals surface area contributed by atoms with Crippen molar-refractivity contribution in [2.75, 3.05) is 19.6 Å². The number of piperidine rings is 1. The number of rotatable bonds is 7. The second-order valence-corrected chi connectivity index (χ2v) is 8.51. The molecule has 0 spiro atoms. The van der Waals surface area contributed by atoms with Crippen molar-refractivity contribution in [1.29, 1.82) is 0 Å². The summed E-state index contributed by atoms with van der Waals surface area (Å²) in [4.78, 5) is 49.2. The largest absolute Gasteiger partial charge is 0.369 e. The van der Waals surface area contributed by atoms with Crippen LogP contribution in [0.4, 0.5) is 4.39 Å². The number of primary amides is 1. The van der Waals surface area contributed by atoms with E-state index in [1.54, 1.807) is 60.4 Å². The highest BCUT2D eigenvalue weighted by Crippen LogP contribution is 2.42. The van der Waals surface area contributed by atoms with Crippen LogP contribution in [0.5, 0.6) is 0 Å². The molecule has 1 fully saturated rings. The fraction of sp³-hybridized carbons (Fsp3) is 0.269. The van der Waals surface area contributed by atoms with Gasteiger partial charge in [-0.25, -0.2) is 4.39 Å². The van der Waals surface area contributed by atoms with Crippen molar-refractivity contribution in [3.63, 3.8) is 0 Å². The van der Waals surface area contributed by atoms with Gasteiger partial charge in [-0.1, -0.05) is 24.3 Å². The predicted molar refractivity (Wildman–Crippen MR) is 124 cm³/mol. The minimum Gasteiger partial charge on any atom is -0.369 e. The van der Waals surface area contributed by atoms with Gasteiger partial charge in [-0.15, -0.1) is 0 Å². The Hall–Kier alpha value is -3.78. The van der Waals surface area contributed by atoms with E-state index in [-0.39, 0.29) is 42.6 Å². The molecule has 0 saturated carbocycles. The van der Waals surface area contributed by atoms with Gasteiger partial charge in [0.2, 0.25) is 5.91 Å². The van der Waals surface area contributed by atoms with Crippen LogP contribution in [0.3, 0.4) is 0 Å². The first-order valence-electron chi connectivity index (χ1n) is 11.0. The molecule has 174 valence electrons. The number of hydrogen-bond acceptors (Lipinski definition) is 6. The maximum atomic E-state index is 14.6. The Bertz CT molecular complexity index is 1140. The Labute approximate surface area is 196 Å². The minimum absolute atomic E-state index is 0.104. The van der Waals surface area contributed by atoms with Crippen LogP contribution in [0, 0.1) is 24.6 Å². The summed E-state index contributed by atoms with van der Waals surface area (Å²) in [7, 11) is 0. The number of Topliss-reactive ketones (excluding diaryl/α,β-unsaturated/α-hetero) is 2. The van der Waals surface area contributed by atoms with E-state index in [2.05, 4.69) is 9.97 Å². The van der Waals surface area contributed by atoms with E-state index in [9.17, 15) is 18.8 Å². The molecule has 0 radical (unpaired) electrons. The number of pyridine rings is 2. The van der Waals surface area contributed by atoms with Gasteiger partial charge in [0.25, 0.3) is 0 Å². The highest BCUT2D eigenvalue weighted by Gasteiger charge is 2.46. The summed E-state index contributed by atoms with van der Waals surface area (Å²) in [6.07, 6.45) is 3.05. The molecule has 0 aliphatic carbocycles. The first-order valence-corrected chi connectivity index (χ1v) is 11.0. The average molecular weight is 461 g/mol. The van der Waals surface area contributed by atoms with Crippen molar-refractivity contribution < 1.29 is 18.8 Å². The molecule has 2 aromatic heterocycles. The Kier molecular flexibility index (Phi) is 6.88. The quantitative estimate of drug-likeness (QED) is 0.544. The molecule has 3 aromatic rings. The van der Waals surface area contributed by atoms with Crippen LogP contribution in [-0.2, 0) is 4.79 Å². The number of hydrogen-bond donors (Lipinski definition) is 1. The van der Waals surface area contributed by atoms with Gasteiger partial charge in [0.1, 0.15) is 17.2 Å². The summed E-state index contributed by atoms with van der Waals surface area (Å²) < 4.78 is 14.6. The number of amides is 1. The zero-order chi connectivity index (χ0) is 24.2. The summed E-state index contributed by atoms with van der Waals surface area (Å²) >= 11 is 0. The van der Waals surface area contributed by atoms with Crippen molar-refractivity contribution in [3.8, 4) is 0 Å². The Morgan fingerprint density at radius 1 is 0.912 bits per heavy atom. The fourth-order valence-electron chi connectivity index (χ4n) is 4.80. The molecule has 0 bridgehead atoms. The molecule has 2 N–H and O–H groups in total. The van der Waals surface area contributed by atoms with Crippen LogP contribution in [0.15, 0.2) is 67.0 Å². The van der Waals surface area contributed by atoms with E-state index in [0.717, 1.165) is 0 Å². The lowest BCUT2D eigenvalue weighted by atomic mass is 9.68. The number of nitrogens with zero attached hydrogens (tertiary/aromatic N) is 3. The molecular formula is C26H25FN4O3. The van der Waals surface area contributed by atoms with Gasteiger partial charge in [0.05, 0.1) is 6.54 Å². The molecule has 7 nitrogen and oxygen atoms in total. The molecule has 1 amide bonds. The molecule has 34 heavy (non-hydrogen) atoms. The number of ketones is 2. The van der Waals surface area contributed by atoms with E-state index in [0.29, 0.717) is 11.1 Å². The summed E-state index contributed by atoms with van der Waals surface area (Å²) in [6.45, 7) is 1.91. The lowest BCUT2D eigenvalue weighted by molar-refractivity contribution is -0.119. The van der Waals surface area contributed by atoms with Crippen LogP contribution < -0.4 is 5.73 Å². The van der Waals surface area contributed by atoms with Crippen LogP contribution in [0.2, 0.25) is 0 Å². The number of likely N-dealkylation sites (tertiary alicyclic amines) is 1. The lowest BCUT2D eigenvalue weighted by Crippen LogP contribution is -2.52. The van der Waals surface area contributed by atoms with Crippen LogP contribution >= 0.6 is 0 Å². The maximum absolute atomic E-state index is 14.6. The Morgan fingerprint density at radius 2 is 1.47 bits per heavy atom. The molecule has 1 aliphatic heterocycles. The molecule has 3 heterocycles. The third-order valence-electron chi connectivity index (χ3n) is 6.33. The Morgan fingerprint density at radius 3 is 1.94 bits per heavy atom. The molecule has 0 unspecified atom stereocenters. The average Bonchev–Trinajstić information content (AvgIpc) is 2.85.